The van der Waals surface area contributed by atoms with Crippen LogP contribution in [-0.2, 0) is 38.2 Å². The van der Waals surface area contributed by atoms with Gasteiger partial charge in [0.15, 0.2) is 6.04 Å². The van der Waals surface area contributed by atoms with E-state index in [4.69, 9.17) is 9.47 Å². The van der Waals surface area contributed by atoms with Crippen LogP contribution in [0.3, 0.4) is 0 Å². The number of ether oxygens (including phenoxy) is 3. The second kappa shape index (κ2) is 25.4. The van der Waals surface area contributed by atoms with Gasteiger partial charge in [-0.2, -0.15) is 11.8 Å². The maximum Gasteiger partial charge on any atom is 0.330 e. The third kappa shape index (κ3) is 21.1. The minimum absolute atomic E-state index is 0.00978. The summed E-state index contributed by atoms with van der Waals surface area (Å²) < 4.78 is 15.4. The number of carbonyl (C=O) groups is 5. The average molecular weight is 605 g/mol. The molecule has 238 valence electrons. The molecule has 3 unspecified atom stereocenters. The summed E-state index contributed by atoms with van der Waals surface area (Å²) in [5.74, 6) is -2.16. The number of rotatable bonds is 25. The molecule has 0 heterocycles. The molecule has 0 aromatic heterocycles. The van der Waals surface area contributed by atoms with Gasteiger partial charge in [-0.05, 0) is 19.3 Å². The smallest absolute Gasteiger partial charge is 0.330 e. The van der Waals surface area contributed by atoms with Crippen molar-refractivity contribution < 1.29 is 43.3 Å². The lowest BCUT2D eigenvalue weighted by atomic mass is 10.0. The van der Waals surface area contributed by atoms with Gasteiger partial charge in [0.05, 0.1) is 20.1 Å². The number of aliphatic hydroxyl groups is 1. The Hall–Kier alpha value is -2.34. The lowest BCUT2D eigenvalue weighted by Gasteiger charge is -2.20. The van der Waals surface area contributed by atoms with Crippen LogP contribution in [0.4, 0.5) is 0 Å². The Morgan fingerprint density at radius 1 is 0.829 bits per heavy atom. The van der Waals surface area contributed by atoms with E-state index in [-0.39, 0.29) is 24.7 Å². The Kier molecular flexibility index (Phi) is 23.9. The van der Waals surface area contributed by atoms with Gasteiger partial charge in [-0.15, -0.1) is 0 Å². The Bertz CT molecular complexity index is 767. The van der Waals surface area contributed by atoms with Crippen LogP contribution in [0.2, 0.25) is 0 Å². The molecular weight excluding hydrogens is 552 g/mol. The van der Waals surface area contributed by atoms with Crippen LogP contribution in [0.25, 0.3) is 0 Å². The van der Waals surface area contributed by atoms with E-state index < -0.39 is 48.5 Å². The molecule has 3 N–H and O–H groups in total. The minimum Gasteiger partial charge on any atom is -0.467 e. The van der Waals surface area contributed by atoms with Crippen molar-refractivity contribution in [2.24, 2.45) is 0 Å². The molecular formula is C29H52N2O9S. The summed E-state index contributed by atoms with van der Waals surface area (Å²) in [6.45, 7) is 4.79. The van der Waals surface area contributed by atoms with Crippen LogP contribution in [0.15, 0.2) is 0 Å². The fraction of sp³-hybridized carbons (Fsp3) is 0.828. The van der Waals surface area contributed by atoms with Crippen molar-refractivity contribution in [3.8, 4) is 0 Å². The fourth-order valence-electron chi connectivity index (χ4n) is 4.02. The highest BCUT2D eigenvalue weighted by Crippen LogP contribution is 2.16. The van der Waals surface area contributed by atoms with Gasteiger partial charge in [-0.25, -0.2) is 4.79 Å². The summed E-state index contributed by atoms with van der Waals surface area (Å²) in [4.78, 5) is 60.2. The molecule has 12 heteroatoms. The monoisotopic (exact) mass is 604 g/mol. The first-order valence-corrected chi connectivity index (χ1v) is 16.0. The van der Waals surface area contributed by atoms with Crippen molar-refractivity contribution in [2.45, 2.75) is 122 Å². The van der Waals surface area contributed by atoms with Crippen molar-refractivity contribution in [1.82, 2.24) is 10.6 Å². The lowest BCUT2D eigenvalue weighted by Crippen LogP contribution is -2.53. The van der Waals surface area contributed by atoms with Gasteiger partial charge in [0.2, 0.25) is 11.8 Å². The molecule has 0 fully saturated rings. The van der Waals surface area contributed by atoms with Gasteiger partial charge in [0.25, 0.3) is 0 Å². The molecule has 0 saturated heterocycles. The maximum atomic E-state index is 12.5. The highest BCUT2D eigenvalue weighted by atomic mass is 32.2. The predicted molar refractivity (Wildman–Crippen MR) is 158 cm³/mol. The summed E-state index contributed by atoms with van der Waals surface area (Å²) in [5, 5.41) is 14.2. The van der Waals surface area contributed by atoms with E-state index in [1.54, 1.807) is 0 Å². The number of carbonyl (C=O) groups excluding carboxylic acids is 5. The van der Waals surface area contributed by atoms with Gasteiger partial charge in [-0.3, -0.25) is 19.2 Å². The van der Waals surface area contributed by atoms with Gasteiger partial charge >= 0.3 is 17.9 Å². The first-order chi connectivity index (χ1) is 19.7. The zero-order chi connectivity index (χ0) is 30.9. The van der Waals surface area contributed by atoms with Crippen molar-refractivity contribution in [3.63, 3.8) is 0 Å². The first kappa shape index (κ1) is 38.7. The maximum absolute atomic E-state index is 12.5. The molecule has 0 spiro atoms. The molecule has 0 aliphatic heterocycles. The number of esters is 3. The zero-order valence-corrected chi connectivity index (χ0v) is 26.2. The summed E-state index contributed by atoms with van der Waals surface area (Å²) in [6.07, 6.45) is 11.6. The zero-order valence-electron chi connectivity index (χ0n) is 25.4. The fourth-order valence-corrected chi connectivity index (χ4v) is 4.85. The summed E-state index contributed by atoms with van der Waals surface area (Å²) in [5.41, 5.74) is 0. The van der Waals surface area contributed by atoms with Crippen molar-refractivity contribution in [2.75, 3.05) is 31.8 Å². The number of hydrogen-bond acceptors (Lipinski definition) is 10. The van der Waals surface area contributed by atoms with E-state index in [9.17, 15) is 29.1 Å². The molecule has 2 amide bonds. The first-order valence-electron chi connectivity index (χ1n) is 14.9. The largest absolute Gasteiger partial charge is 0.467 e. The van der Waals surface area contributed by atoms with E-state index in [0.29, 0.717) is 25.0 Å². The molecule has 0 aromatic carbocycles. The number of unbranched alkanes of at least 4 members (excludes halogenated alkanes) is 8. The van der Waals surface area contributed by atoms with Crippen molar-refractivity contribution in [3.05, 3.63) is 0 Å². The Labute approximate surface area is 249 Å². The molecule has 0 aromatic rings. The highest BCUT2D eigenvalue weighted by Gasteiger charge is 2.26. The van der Waals surface area contributed by atoms with Crippen LogP contribution >= 0.6 is 11.8 Å². The SMILES string of the molecule is CCCCCCCCCCCC(CC(=O)OCCSCC(NC(C)=O)C(=O)NC(CO)C(=O)OC)OC(=O)CCC. The summed E-state index contributed by atoms with van der Waals surface area (Å²) >= 11 is 1.27. The van der Waals surface area contributed by atoms with E-state index in [1.165, 1.54) is 57.2 Å². The van der Waals surface area contributed by atoms with Crippen molar-refractivity contribution >= 4 is 41.5 Å². The Morgan fingerprint density at radius 2 is 1.46 bits per heavy atom. The summed E-state index contributed by atoms with van der Waals surface area (Å²) in [6, 6.07) is -2.21. The number of aliphatic hydroxyl groups excluding tert-OH is 1. The molecule has 41 heavy (non-hydrogen) atoms. The Morgan fingerprint density at radius 3 is 2.02 bits per heavy atom. The molecule has 0 aliphatic rings. The minimum atomic E-state index is -1.25. The van der Waals surface area contributed by atoms with E-state index >= 15 is 0 Å². The number of hydrogen-bond donors (Lipinski definition) is 3. The van der Waals surface area contributed by atoms with Crippen LogP contribution in [-0.4, -0.2) is 84.8 Å². The van der Waals surface area contributed by atoms with Gasteiger partial charge in [0, 0.05) is 24.9 Å². The van der Waals surface area contributed by atoms with Crippen molar-refractivity contribution in [1.29, 1.82) is 0 Å². The molecule has 0 rings (SSSR count). The number of amides is 2. The quantitative estimate of drug-likeness (QED) is 0.0801. The standard InChI is InChI=1S/C29H52N2O9S/c1-5-7-8-9-10-11-12-13-14-16-23(40-26(34)15-6-2)19-27(35)39-17-18-41-21-25(30-22(3)33)28(36)31-24(20-32)29(37)38-4/h23-25,32H,5-21H2,1-4H3,(H,30,33)(H,31,36). The molecule has 0 bridgehead atoms. The van der Waals surface area contributed by atoms with Gasteiger partial charge in [-0.1, -0.05) is 65.2 Å². The predicted octanol–water partition coefficient (Wildman–Crippen LogP) is 3.44. The molecule has 0 aliphatic carbocycles. The van der Waals surface area contributed by atoms with Crippen LogP contribution in [0, 0.1) is 0 Å². The normalized spacial score (nSPS) is 13.0. The van der Waals surface area contributed by atoms with Gasteiger partial charge < -0.3 is 30.0 Å². The van der Waals surface area contributed by atoms with Gasteiger partial charge in [0.1, 0.15) is 18.8 Å². The lowest BCUT2D eigenvalue weighted by molar-refractivity contribution is -0.155. The summed E-state index contributed by atoms with van der Waals surface area (Å²) in [7, 11) is 1.13. The number of thioether (sulfide) groups is 1. The highest BCUT2D eigenvalue weighted by molar-refractivity contribution is 7.99. The third-order valence-corrected chi connectivity index (χ3v) is 7.25. The average Bonchev–Trinajstić information content (AvgIpc) is 2.93. The second-order valence-electron chi connectivity index (χ2n) is 10.00. The molecule has 0 saturated carbocycles. The molecule has 11 nitrogen and oxygen atoms in total. The van der Waals surface area contributed by atoms with Crippen LogP contribution in [0.1, 0.15) is 104 Å². The van der Waals surface area contributed by atoms with E-state index in [1.807, 2.05) is 6.92 Å². The molecule has 0 radical (unpaired) electrons. The molecule has 3 atom stereocenters. The topological polar surface area (TPSA) is 157 Å². The van der Waals surface area contributed by atoms with E-state index in [0.717, 1.165) is 26.4 Å². The number of nitrogens with one attached hydrogen (secondary N) is 2. The van der Waals surface area contributed by atoms with Crippen LogP contribution in [0.5, 0.6) is 0 Å². The Balaban J connectivity index is 4.55. The van der Waals surface area contributed by atoms with E-state index in [2.05, 4.69) is 22.3 Å². The second-order valence-corrected chi connectivity index (χ2v) is 11.1. The third-order valence-electron chi connectivity index (χ3n) is 6.23. The van der Waals surface area contributed by atoms with Crippen LogP contribution < -0.4 is 10.6 Å². The number of methoxy groups -OCH3 is 1.